The lowest BCUT2D eigenvalue weighted by atomic mass is 10.2. The number of carbonyl (C=O) groups excluding carboxylic acids is 1. The average molecular weight is 412 g/mol. The second-order valence-corrected chi connectivity index (χ2v) is 7.37. The van der Waals surface area contributed by atoms with Gasteiger partial charge in [-0.2, -0.15) is 0 Å². The van der Waals surface area contributed by atoms with Gasteiger partial charge in [0.1, 0.15) is 11.5 Å². The molecule has 0 N–H and O–H groups in total. The number of hydrogen-bond acceptors (Lipinski definition) is 5. The molecule has 0 radical (unpaired) electrons. The molecule has 0 saturated carbocycles. The predicted molar refractivity (Wildman–Crippen MR) is 111 cm³/mol. The highest BCUT2D eigenvalue weighted by molar-refractivity contribution is 6.30. The molecule has 6 nitrogen and oxygen atoms in total. The number of hydrogen-bond donors (Lipinski definition) is 0. The highest BCUT2D eigenvalue weighted by Gasteiger charge is 2.15. The fourth-order valence-corrected chi connectivity index (χ4v) is 3.49. The molecule has 0 unspecified atom stereocenters. The van der Waals surface area contributed by atoms with Crippen molar-refractivity contribution in [1.82, 2.24) is 14.5 Å². The Labute approximate surface area is 174 Å². The third-order valence-electron chi connectivity index (χ3n) is 5.03. The summed E-state index contributed by atoms with van der Waals surface area (Å²) in [5, 5.41) is 0.518. The van der Waals surface area contributed by atoms with Crippen molar-refractivity contribution in [3.8, 4) is 17.2 Å². The largest absolute Gasteiger partial charge is 0.457 e. The first-order valence-corrected chi connectivity index (χ1v) is 9.88. The van der Waals surface area contributed by atoms with Crippen molar-refractivity contribution in [2.45, 2.75) is 13.5 Å². The van der Waals surface area contributed by atoms with Crippen LogP contribution < -0.4 is 4.74 Å². The number of benzene rings is 2. The Kier molecular flexibility index (Phi) is 5.94. The van der Waals surface area contributed by atoms with Crippen molar-refractivity contribution < 1.29 is 14.3 Å². The molecule has 150 valence electrons. The van der Waals surface area contributed by atoms with Crippen LogP contribution in [0.15, 0.2) is 48.8 Å². The number of aldehydes is 1. The lowest BCUT2D eigenvalue weighted by Crippen LogP contribution is -2.35. The van der Waals surface area contributed by atoms with Gasteiger partial charge < -0.3 is 14.0 Å². The van der Waals surface area contributed by atoms with Crippen LogP contribution in [0.1, 0.15) is 21.7 Å². The quantitative estimate of drug-likeness (QED) is 0.567. The number of rotatable bonds is 6. The molecular formula is C22H22ClN3O3. The third-order valence-corrected chi connectivity index (χ3v) is 5.27. The van der Waals surface area contributed by atoms with Gasteiger partial charge in [-0.25, -0.2) is 4.98 Å². The van der Waals surface area contributed by atoms with E-state index in [1.807, 2.05) is 30.6 Å². The summed E-state index contributed by atoms with van der Waals surface area (Å²) in [6, 6.07) is 12.6. The summed E-state index contributed by atoms with van der Waals surface area (Å²) in [5.74, 6) is 1.07. The fraction of sp³-hybridized carbons (Fsp3) is 0.273. The number of ether oxygens (including phenoxy) is 2. The number of morpholine rings is 1. The zero-order chi connectivity index (χ0) is 20.2. The van der Waals surface area contributed by atoms with Crippen LogP contribution in [0.5, 0.6) is 11.5 Å². The molecular weight excluding hydrogens is 390 g/mol. The minimum absolute atomic E-state index is 0.437. The highest BCUT2D eigenvalue weighted by Crippen LogP contribution is 2.28. The highest BCUT2D eigenvalue weighted by atomic mass is 35.5. The van der Waals surface area contributed by atoms with Crippen LogP contribution in [-0.4, -0.2) is 47.0 Å². The van der Waals surface area contributed by atoms with Gasteiger partial charge in [0.15, 0.2) is 6.29 Å². The molecule has 4 rings (SSSR count). The van der Waals surface area contributed by atoms with Crippen LogP contribution in [0.3, 0.4) is 0 Å². The Balaban J connectivity index is 1.50. The van der Waals surface area contributed by atoms with E-state index in [0.717, 1.165) is 56.2 Å². The van der Waals surface area contributed by atoms with Crippen molar-refractivity contribution in [3.63, 3.8) is 0 Å². The molecule has 2 heterocycles. The molecule has 1 aliphatic heterocycles. The predicted octanol–water partition coefficient (Wildman–Crippen LogP) is 4.27. The minimum Gasteiger partial charge on any atom is -0.457 e. The molecule has 1 aromatic heterocycles. The summed E-state index contributed by atoms with van der Waals surface area (Å²) in [6.45, 7) is 6.33. The summed E-state index contributed by atoms with van der Waals surface area (Å²) in [7, 11) is 0. The number of aromatic nitrogens is 2. The van der Waals surface area contributed by atoms with E-state index in [1.54, 1.807) is 18.2 Å². The number of carbonyl (C=O) groups is 1. The van der Waals surface area contributed by atoms with Crippen molar-refractivity contribution in [2.24, 2.45) is 0 Å². The van der Waals surface area contributed by atoms with E-state index >= 15 is 0 Å². The Morgan fingerprint density at radius 2 is 1.93 bits per heavy atom. The molecule has 0 amide bonds. The SMILES string of the molecule is Cc1c(CN2CCOCC2)ncn1-c1ccc(Oc2cc(Cl)ccc2C=O)cc1. The van der Waals surface area contributed by atoms with Gasteiger partial charge in [0.05, 0.1) is 30.8 Å². The maximum absolute atomic E-state index is 11.2. The van der Waals surface area contributed by atoms with Gasteiger partial charge in [-0.15, -0.1) is 0 Å². The first-order valence-electron chi connectivity index (χ1n) is 9.50. The van der Waals surface area contributed by atoms with E-state index in [4.69, 9.17) is 21.1 Å². The van der Waals surface area contributed by atoms with Crippen molar-refractivity contribution in [1.29, 1.82) is 0 Å². The Morgan fingerprint density at radius 3 is 2.66 bits per heavy atom. The Bertz CT molecular complexity index is 995. The molecule has 3 aromatic rings. The lowest BCUT2D eigenvalue weighted by molar-refractivity contribution is 0.0336. The van der Waals surface area contributed by atoms with Gasteiger partial charge in [0, 0.05) is 42.1 Å². The smallest absolute Gasteiger partial charge is 0.153 e. The molecule has 29 heavy (non-hydrogen) atoms. The number of nitrogens with zero attached hydrogens (tertiary/aromatic N) is 3. The van der Waals surface area contributed by atoms with Crippen LogP contribution in [0.25, 0.3) is 5.69 Å². The molecule has 0 aliphatic carbocycles. The molecule has 1 saturated heterocycles. The first kappa shape index (κ1) is 19.6. The second-order valence-electron chi connectivity index (χ2n) is 6.93. The van der Waals surface area contributed by atoms with Crippen molar-refractivity contribution in [3.05, 3.63) is 70.8 Å². The van der Waals surface area contributed by atoms with E-state index < -0.39 is 0 Å². The maximum Gasteiger partial charge on any atom is 0.153 e. The molecule has 0 spiro atoms. The Hall–Kier alpha value is -2.67. The summed E-state index contributed by atoms with van der Waals surface area (Å²) in [4.78, 5) is 18.2. The third kappa shape index (κ3) is 4.50. The van der Waals surface area contributed by atoms with Gasteiger partial charge >= 0.3 is 0 Å². The van der Waals surface area contributed by atoms with Gasteiger partial charge in [0.25, 0.3) is 0 Å². The number of imidazole rings is 1. The summed E-state index contributed by atoms with van der Waals surface area (Å²) in [6.07, 6.45) is 2.60. The van der Waals surface area contributed by atoms with E-state index in [9.17, 15) is 4.79 Å². The summed E-state index contributed by atoms with van der Waals surface area (Å²) >= 11 is 6.02. The topological polar surface area (TPSA) is 56.6 Å². The van der Waals surface area contributed by atoms with Crippen LogP contribution in [0.2, 0.25) is 5.02 Å². The molecule has 0 bridgehead atoms. The fourth-order valence-electron chi connectivity index (χ4n) is 3.33. The van der Waals surface area contributed by atoms with Crippen LogP contribution >= 0.6 is 11.6 Å². The van der Waals surface area contributed by atoms with Crippen LogP contribution in [0, 0.1) is 6.92 Å². The van der Waals surface area contributed by atoms with Gasteiger partial charge in [-0.1, -0.05) is 11.6 Å². The molecule has 1 aliphatic rings. The molecule has 0 atom stereocenters. The van der Waals surface area contributed by atoms with E-state index in [-0.39, 0.29) is 0 Å². The van der Waals surface area contributed by atoms with E-state index in [1.165, 1.54) is 0 Å². The zero-order valence-corrected chi connectivity index (χ0v) is 16.9. The lowest BCUT2D eigenvalue weighted by Gasteiger charge is -2.26. The Morgan fingerprint density at radius 1 is 1.17 bits per heavy atom. The summed E-state index contributed by atoms with van der Waals surface area (Å²) in [5.41, 5.74) is 3.64. The number of halogens is 1. The zero-order valence-electron chi connectivity index (χ0n) is 16.2. The van der Waals surface area contributed by atoms with E-state index in [0.29, 0.717) is 22.1 Å². The van der Waals surface area contributed by atoms with Gasteiger partial charge in [-0.05, 0) is 43.3 Å². The molecule has 7 heteroatoms. The molecule has 2 aromatic carbocycles. The maximum atomic E-state index is 11.2. The second kappa shape index (κ2) is 8.78. The standard InChI is InChI=1S/C22H22ClN3O3/c1-16-21(13-25-8-10-28-11-9-25)24-15-26(16)19-4-6-20(7-5-19)29-22-12-18(23)3-2-17(22)14-27/h2-7,12,14-15H,8-11,13H2,1H3. The average Bonchev–Trinajstić information content (AvgIpc) is 3.10. The summed E-state index contributed by atoms with van der Waals surface area (Å²) < 4.78 is 13.3. The van der Waals surface area contributed by atoms with Gasteiger partial charge in [-0.3, -0.25) is 9.69 Å². The minimum atomic E-state index is 0.437. The van der Waals surface area contributed by atoms with E-state index in [2.05, 4.69) is 21.4 Å². The van der Waals surface area contributed by atoms with Crippen LogP contribution in [-0.2, 0) is 11.3 Å². The van der Waals surface area contributed by atoms with Crippen LogP contribution in [0.4, 0.5) is 0 Å². The monoisotopic (exact) mass is 411 g/mol. The normalized spacial score (nSPS) is 14.7. The van der Waals surface area contributed by atoms with Crippen molar-refractivity contribution >= 4 is 17.9 Å². The van der Waals surface area contributed by atoms with Gasteiger partial charge in [0.2, 0.25) is 0 Å². The molecule has 1 fully saturated rings. The van der Waals surface area contributed by atoms with Crippen molar-refractivity contribution in [2.75, 3.05) is 26.3 Å². The first-order chi connectivity index (χ1) is 14.1.